The lowest BCUT2D eigenvalue weighted by molar-refractivity contribution is -0.117. The molecule has 0 saturated carbocycles. The Morgan fingerprint density at radius 2 is 2.00 bits per heavy atom. The topological polar surface area (TPSA) is 91.7 Å². The Morgan fingerprint density at radius 3 is 2.61 bits per heavy atom. The number of amides is 3. The molecule has 0 radical (unpaired) electrons. The third-order valence-electron chi connectivity index (χ3n) is 5.28. The van der Waals surface area contributed by atoms with Gasteiger partial charge in [0.25, 0.3) is 11.8 Å². The van der Waals surface area contributed by atoms with E-state index >= 15 is 0 Å². The van der Waals surface area contributed by atoms with Crippen LogP contribution in [0.5, 0.6) is 0 Å². The lowest BCUT2D eigenvalue weighted by Gasteiger charge is -2.16. The van der Waals surface area contributed by atoms with Crippen LogP contribution in [0.3, 0.4) is 0 Å². The van der Waals surface area contributed by atoms with E-state index in [-0.39, 0.29) is 17.7 Å². The summed E-state index contributed by atoms with van der Waals surface area (Å²) in [6.07, 6.45) is 5.29. The van der Waals surface area contributed by atoms with Crippen molar-refractivity contribution in [1.82, 2.24) is 9.88 Å². The lowest BCUT2D eigenvalue weighted by atomic mass is 9.90. The number of hydrogen-bond acceptors (Lipinski definition) is 5. The van der Waals surface area contributed by atoms with Crippen LogP contribution in [0.2, 0.25) is 0 Å². The molecular weight excluding hydrogens is 392 g/mol. The van der Waals surface area contributed by atoms with E-state index in [1.807, 2.05) is 32.9 Å². The SMILES string of the molecule is C/C=C(\C=NCC)c1ccc(NC(=O)[C@H](C)c2cc(C)cc3c2C(=O)N(C)C3=O)cn1. The highest BCUT2D eigenvalue weighted by Gasteiger charge is 2.37. The van der Waals surface area contributed by atoms with Crippen LogP contribution in [0, 0.1) is 6.92 Å². The minimum Gasteiger partial charge on any atom is -0.324 e. The summed E-state index contributed by atoms with van der Waals surface area (Å²) in [5, 5.41) is 2.85. The number of carbonyl (C=O) groups excluding carboxylic acids is 3. The van der Waals surface area contributed by atoms with Crippen LogP contribution in [0.4, 0.5) is 5.69 Å². The van der Waals surface area contributed by atoms with Crippen molar-refractivity contribution in [3.63, 3.8) is 0 Å². The van der Waals surface area contributed by atoms with Crippen molar-refractivity contribution in [3.8, 4) is 0 Å². The van der Waals surface area contributed by atoms with Gasteiger partial charge >= 0.3 is 0 Å². The molecule has 31 heavy (non-hydrogen) atoms. The molecule has 0 spiro atoms. The maximum absolute atomic E-state index is 12.9. The fourth-order valence-electron chi connectivity index (χ4n) is 3.51. The maximum Gasteiger partial charge on any atom is 0.261 e. The first-order valence-electron chi connectivity index (χ1n) is 10.2. The zero-order chi connectivity index (χ0) is 22.7. The van der Waals surface area contributed by atoms with Gasteiger partial charge in [-0.05, 0) is 57.0 Å². The summed E-state index contributed by atoms with van der Waals surface area (Å²) in [5.74, 6) is -1.63. The molecule has 1 aromatic carbocycles. The number of benzene rings is 1. The second-order valence-corrected chi connectivity index (χ2v) is 7.46. The van der Waals surface area contributed by atoms with Gasteiger partial charge in [0.1, 0.15) is 0 Å². The van der Waals surface area contributed by atoms with Crippen molar-refractivity contribution in [2.45, 2.75) is 33.6 Å². The highest BCUT2D eigenvalue weighted by molar-refractivity contribution is 6.22. The molecule has 1 N–H and O–H groups in total. The molecule has 1 atom stereocenters. The van der Waals surface area contributed by atoms with E-state index in [0.29, 0.717) is 28.9 Å². The molecule has 1 aromatic heterocycles. The van der Waals surface area contributed by atoms with E-state index in [2.05, 4.69) is 15.3 Å². The fourth-order valence-corrected chi connectivity index (χ4v) is 3.51. The van der Waals surface area contributed by atoms with Gasteiger partial charge in [-0.1, -0.05) is 12.1 Å². The minimum atomic E-state index is -0.626. The number of imide groups is 1. The van der Waals surface area contributed by atoms with Crippen LogP contribution < -0.4 is 5.32 Å². The minimum absolute atomic E-state index is 0.282. The molecule has 0 saturated heterocycles. The van der Waals surface area contributed by atoms with E-state index in [0.717, 1.165) is 21.7 Å². The number of nitrogens with zero attached hydrogens (tertiary/aromatic N) is 3. The highest BCUT2D eigenvalue weighted by atomic mass is 16.2. The van der Waals surface area contributed by atoms with Gasteiger partial charge in [-0.3, -0.25) is 29.3 Å². The standard InChI is InChI=1S/C24H26N4O3/c1-6-16(12-25-7-2)20-9-8-17(13-26-20)27-22(29)15(4)18-10-14(3)11-19-21(18)24(31)28(5)23(19)30/h6,8-13,15H,7H2,1-5H3,(H,27,29)/b16-6+,25-12?/t15-/m1/s1. The van der Waals surface area contributed by atoms with Gasteiger partial charge in [0.2, 0.25) is 5.91 Å². The van der Waals surface area contributed by atoms with Crippen molar-refractivity contribution in [3.05, 3.63) is 64.5 Å². The Bertz CT molecular complexity index is 1100. The number of rotatable bonds is 6. The normalized spacial score (nSPS) is 14.9. The van der Waals surface area contributed by atoms with E-state index in [1.54, 1.807) is 37.5 Å². The summed E-state index contributed by atoms with van der Waals surface area (Å²) in [6, 6.07) is 7.08. The largest absolute Gasteiger partial charge is 0.324 e. The van der Waals surface area contributed by atoms with Crippen LogP contribution in [0.25, 0.3) is 5.57 Å². The molecule has 1 aliphatic rings. The number of aliphatic imine (C=N–C) groups is 1. The number of aromatic nitrogens is 1. The number of allylic oxidation sites excluding steroid dienone is 2. The second kappa shape index (κ2) is 9.04. The third kappa shape index (κ3) is 4.30. The molecule has 0 fully saturated rings. The smallest absolute Gasteiger partial charge is 0.261 e. The fraction of sp³-hybridized carbons (Fsp3) is 0.292. The predicted molar refractivity (Wildman–Crippen MR) is 122 cm³/mol. The van der Waals surface area contributed by atoms with Gasteiger partial charge in [-0.2, -0.15) is 0 Å². The quantitative estimate of drug-likeness (QED) is 0.570. The van der Waals surface area contributed by atoms with Crippen LogP contribution in [-0.4, -0.2) is 47.4 Å². The van der Waals surface area contributed by atoms with Crippen molar-refractivity contribution in [2.75, 3.05) is 18.9 Å². The van der Waals surface area contributed by atoms with Crippen molar-refractivity contribution in [2.24, 2.45) is 4.99 Å². The van der Waals surface area contributed by atoms with Gasteiger partial charge < -0.3 is 5.32 Å². The van der Waals surface area contributed by atoms with E-state index in [1.165, 1.54) is 7.05 Å². The van der Waals surface area contributed by atoms with Crippen LogP contribution >= 0.6 is 0 Å². The number of carbonyl (C=O) groups is 3. The predicted octanol–water partition coefficient (Wildman–Crippen LogP) is 3.85. The number of anilines is 1. The summed E-state index contributed by atoms with van der Waals surface area (Å²) in [5.41, 5.74) is 4.23. The molecule has 3 amide bonds. The van der Waals surface area contributed by atoms with Crippen molar-refractivity contribution >= 4 is 35.2 Å². The third-order valence-corrected chi connectivity index (χ3v) is 5.28. The van der Waals surface area contributed by atoms with E-state index < -0.39 is 5.92 Å². The first kappa shape index (κ1) is 22.1. The van der Waals surface area contributed by atoms with Gasteiger partial charge in [0.15, 0.2) is 0 Å². The Labute approximate surface area is 181 Å². The molecule has 160 valence electrons. The van der Waals surface area contributed by atoms with Crippen LogP contribution in [0.1, 0.15) is 64.2 Å². The van der Waals surface area contributed by atoms with Gasteiger partial charge in [0.05, 0.1) is 34.6 Å². The average molecular weight is 418 g/mol. The van der Waals surface area contributed by atoms with E-state index in [4.69, 9.17) is 0 Å². The first-order valence-corrected chi connectivity index (χ1v) is 10.2. The maximum atomic E-state index is 12.9. The Kier molecular flexibility index (Phi) is 6.44. The number of pyridine rings is 1. The lowest BCUT2D eigenvalue weighted by Crippen LogP contribution is -2.25. The zero-order valence-corrected chi connectivity index (χ0v) is 18.4. The summed E-state index contributed by atoms with van der Waals surface area (Å²) < 4.78 is 0. The zero-order valence-electron chi connectivity index (χ0n) is 18.4. The second-order valence-electron chi connectivity index (χ2n) is 7.46. The molecule has 0 aliphatic carbocycles. The van der Waals surface area contributed by atoms with Crippen molar-refractivity contribution in [1.29, 1.82) is 0 Å². The molecule has 7 nitrogen and oxygen atoms in total. The summed E-state index contributed by atoms with van der Waals surface area (Å²) in [4.78, 5) is 47.6. The molecule has 3 rings (SSSR count). The molecule has 2 aromatic rings. The Balaban J connectivity index is 1.83. The average Bonchev–Trinajstić information content (AvgIpc) is 2.98. The number of fused-ring (bicyclic) bond motifs is 1. The van der Waals surface area contributed by atoms with Crippen LogP contribution in [0.15, 0.2) is 41.5 Å². The highest BCUT2D eigenvalue weighted by Crippen LogP contribution is 2.32. The Morgan fingerprint density at radius 1 is 1.26 bits per heavy atom. The molecular formula is C24H26N4O3. The number of hydrogen-bond donors (Lipinski definition) is 1. The molecule has 0 unspecified atom stereocenters. The first-order chi connectivity index (χ1) is 14.8. The monoisotopic (exact) mass is 418 g/mol. The molecule has 2 heterocycles. The van der Waals surface area contributed by atoms with Crippen molar-refractivity contribution < 1.29 is 14.4 Å². The van der Waals surface area contributed by atoms with Gasteiger partial charge in [-0.25, -0.2) is 0 Å². The molecule has 1 aliphatic heterocycles. The Hall–Kier alpha value is -3.61. The number of nitrogens with one attached hydrogen (secondary N) is 1. The molecule has 7 heteroatoms. The van der Waals surface area contributed by atoms with Gasteiger partial charge in [-0.15, -0.1) is 0 Å². The van der Waals surface area contributed by atoms with Gasteiger partial charge in [0, 0.05) is 25.4 Å². The summed E-state index contributed by atoms with van der Waals surface area (Å²) in [6.45, 7) is 8.13. The molecule has 0 bridgehead atoms. The summed E-state index contributed by atoms with van der Waals surface area (Å²) >= 11 is 0. The van der Waals surface area contributed by atoms with Crippen LogP contribution in [-0.2, 0) is 4.79 Å². The number of aryl methyl sites for hydroxylation is 1. The van der Waals surface area contributed by atoms with E-state index in [9.17, 15) is 14.4 Å². The summed E-state index contributed by atoms with van der Waals surface area (Å²) in [7, 11) is 1.45.